The van der Waals surface area contributed by atoms with E-state index in [1.165, 1.54) is 0 Å². The van der Waals surface area contributed by atoms with Gasteiger partial charge in [0.05, 0.1) is 17.3 Å². The molecule has 21 heavy (non-hydrogen) atoms. The molecule has 0 fully saturated rings. The summed E-state index contributed by atoms with van der Waals surface area (Å²) in [6, 6.07) is 12.9. The van der Waals surface area contributed by atoms with Crippen LogP contribution in [-0.2, 0) is 0 Å². The lowest BCUT2D eigenvalue weighted by molar-refractivity contribution is 0.0959. The van der Waals surface area contributed by atoms with Gasteiger partial charge in [-0.1, -0.05) is 24.3 Å². The fourth-order valence-electron chi connectivity index (χ4n) is 2.17. The number of nitrogens with zero attached hydrogens (tertiary/aromatic N) is 1. The Morgan fingerprint density at radius 3 is 2.90 bits per heavy atom. The van der Waals surface area contributed by atoms with E-state index in [1.54, 1.807) is 24.5 Å². The third-order valence-corrected chi connectivity index (χ3v) is 3.14. The first-order valence-electron chi connectivity index (χ1n) is 6.62. The van der Waals surface area contributed by atoms with Crippen molar-refractivity contribution >= 4 is 16.8 Å². The van der Waals surface area contributed by atoms with Gasteiger partial charge in [-0.05, 0) is 24.3 Å². The third kappa shape index (κ3) is 2.56. The Morgan fingerprint density at radius 2 is 2.14 bits per heavy atom. The largest absolute Gasteiger partial charge is 0.463 e. The second-order valence-electron chi connectivity index (χ2n) is 4.55. The molecule has 4 nitrogen and oxygen atoms in total. The number of nitrogens with one attached hydrogen (secondary N) is 1. The van der Waals surface area contributed by atoms with Gasteiger partial charge in [-0.3, -0.25) is 4.79 Å². The quantitative estimate of drug-likeness (QED) is 0.744. The molecular formula is C17H14N2O2. The number of aromatic nitrogens is 1. The minimum atomic E-state index is -0.152. The Balaban J connectivity index is 2.16. The van der Waals surface area contributed by atoms with Crippen molar-refractivity contribution in [2.45, 2.75) is 0 Å². The number of pyridine rings is 1. The van der Waals surface area contributed by atoms with Crippen LogP contribution in [0.5, 0.6) is 0 Å². The molecule has 0 bridgehead atoms. The maximum Gasteiger partial charge on any atom is 0.252 e. The zero-order valence-corrected chi connectivity index (χ0v) is 11.4. The number of hydrogen-bond acceptors (Lipinski definition) is 3. The minimum Gasteiger partial charge on any atom is -0.463 e. The number of carbonyl (C=O) groups excluding carboxylic acids is 1. The van der Waals surface area contributed by atoms with Crippen LogP contribution in [0.25, 0.3) is 22.4 Å². The van der Waals surface area contributed by atoms with Crippen LogP contribution in [0.15, 0.2) is 65.8 Å². The lowest BCUT2D eigenvalue weighted by Crippen LogP contribution is -2.23. The molecule has 0 saturated carbocycles. The van der Waals surface area contributed by atoms with Gasteiger partial charge in [0.2, 0.25) is 0 Å². The summed E-state index contributed by atoms with van der Waals surface area (Å²) in [6.45, 7) is 4.03. The van der Waals surface area contributed by atoms with Crippen molar-refractivity contribution in [2.24, 2.45) is 0 Å². The highest BCUT2D eigenvalue weighted by Gasteiger charge is 2.14. The molecule has 1 aromatic carbocycles. The monoisotopic (exact) mass is 278 g/mol. The number of rotatable bonds is 4. The van der Waals surface area contributed by atoms with Crippen LogP contribution in [0.1, 0.15) is 10.4 Å². The fraction of sp³-hybridized carbons (Fsp3) is 0.0588. The molecule has 0 radical (unpaired) electrons. The van der Waals surface area contributed by atoms with Crippen LogP contribution in [0.4, 0.5) is 0 Å². The average Bonchev–Trinajstić information content (AvgIpc) is 3.06. The maximum atomic E-state index is 12.3. The first kappa shape index (κ1) is 13.1. The van der Waals surface area contributed by atoms with Crippen LogP contribution in [0.3, 0.4) is 0 Å². The Morgan fingerprint density at radius 1 is 1.29 bits per heavy atom. The van der Waals surface area contributed by atoms with E-state index in [0.29, 0.717) is 23.6 Å². The highest BCUT2D eigenvalue weighted by Crippen LogP contribution is 2.25. The highest BCUT2D eigenvalue weighted by molar-refractivity contribution is 6.07. The van der Waals surface area contributed by atoms with Crippen LogP contribution in [0, 0.1) is 0 Å². The maximum absolute atomic E-state index is 12.3. The summed E-state index contributed by atoms with van der Waals surface area (Å²) in [7, 11) is 0. The Kier molecular flexibility index (Phi) is 3.51. The molecule has 104 valence electrons. The lowest BCUT2D eigenvalue weighted by Gasteiger charge is -2.08. The number of furan rings is 1. The van der Waals surface area contributed by atoms with Crippen molar-refractivity contribution in [3.63, 3.8) is 0 Å². The predicted octanol–water partition coefficient (Wildman–Crippen LogP) is 3.41. The van der Waals surface area contributed by atoms with Crippen LogP contribution < -0.4 is 5.32 Å². The second kappa shape index (κ2) is 5.63. The SMILES string of the molecule is C=CCNC(=O)c1cc(-c2ccco2)nc2ccccc12. The molecular weight excluding hydrogens is 264 g/mol. The Labute approximate surface area is 122 Å². The molecule has 2 aromatic heterocycles. The Bertz CT molecular complexity index is 792. The number of hydrogen-bond donors (Lipinski definition) is 1. The van der Waals surface area contributed by atoms with Gasteiger partial charge in [0.15, 0.2) is 5.76 Å². The third-order valence-electron chi connectivity index (χ3n) is 3.14. The molecule has 3 rings (SSSR count). The molecule has 0 aliphatic carbocycles. The molecule has 1 amide bonds. The summed E-state index contributed by atoms with van der Waals surface area (Å²) in [6.07, 6.45) is 3.23. The second-order valence-corrected chi connectivity index (χ2v) is 4.55. The van der Waals surface area contributed by atoms with E-state index in [0.717, 1.165) is 10.9 Å². The van der Waals surface area contributed by atoms with Crippen LogP contribution in [-0.4, -0.2) is 17.4 Å². The van der Waals surface area contributed by atoms with E-state index in [4.69, 9.17) is 4.42 Å². The molecule has 1 N–H and O–H groups in total. The van der Waals surface area contributed by atoms with Gasteiger partial charge < -0.3 is 9.73 Å². The van der Waals surface area contributed by atoms with Gasteiger partial charge in [-0.25, -0.2) is 4.98 Å². The van der Waals surface area contributed by atoms with Gasteiger partial charge in [-0.15, -0.1) is 6.58 Å². The first-order chi connectivity index (χ1) is 10.3. The summed E-state index contributed by atoms with van der Waals surface area (Å²) in [4.78, 5) is 16.9. The smallest absolute Gasteiger partial charge is 0.252 e. The Hall–Kier alpha value is -2.88. The summed E-state index contributed by atoms with van der Waals surface area (Å²) in [5.41, 5.74) is 1.98. The molecule has 0 saturated heterocycles. The number of benzene rings is 1. The number of para-hydroxylation sites is 1. The van der Waals surface area contributed by atoms with E-state index in [9.17, 15) is 4.79 Å². The van der Waals surface area contributed by atoms with Crippen LogP contribution in [0.2, 0.25) is 0 Å². The summed E-state index contributed by atoms with van der Waals surface area (Å²) in [5.74, 6) is 0.486. The lowest BCUT2D eigenvalue weighted by atomic mass is 10.1. The molecule has 0 spiro atoms. The molecule has 0 unspecified atom stereocenters. The fourth-order valence-corrected chi connectivity index (χ4v) is 2.17. The van der Waals surface area contributed by atoms with Crippen molar-refractivity contribution in [3.05, 3.63) is 66.9 Å². The van der Waals surface area contributed by atoms with Gasteiger partial charge in [0.1, 0.15) is 5.69 Å². The van der Waals surface area contributed by atoms with E-state index in [1.807, 2.05) is 30.3 Å². The summed E-state index contributed by atoms with van der Waals surface area (Å²) in [5, 5.41) is 3.61. The van der Waals surface area contributed by atoms with Crippen molar-refractivity contribution in [2.75, 3.05) is 6.54 Å². The van der Waals surface area contributed by atoms with E-state index >= 15 is 0 Å². The van der Waals surface area contributed by atoms with Crippen molar-refractivity contribution in [3.8, 4) is 11.5 Å². The average molecular weight is 278 g/mol. The number of carbonyl (C=O) groups is 1. The zero-order chi connectivity index (χ0) is 14.7. The van der Waals surface area contributed by atoms with Gasteiger partial charge in [0.25, 0.3) is 5.91 Å². The molecule has 0 aliphatic rings. The van der Waals surface area contributed by atoms with E-state index in [-0.39, 0.29) is 5.91 Å². The van der Waals surface area contributed by atoms with Gasteiger partial charge in [-0.2, -0.15) is 0 Å². The van der Waals surface area contributed by atoms with Gasteiger partial charge >= 0.3 is 0 Å². The molecule has 0 aliphatic heterocycles. The summed E-state index contributed by atoms with van der Waals surface area (Å²) >= 11 is 0. The zero-order valence-electron chi connectivity index (χ0n) is 11.4. The van der Waals surface area contributed by atoms with Crippen molar-refractivity contribution < 1.29 is 9.21 Å². The first-order valence-corrected chi connectivity index (χ1v) is 6.62. The summed E-state index contributed by atoms with van der Waals surface area (Å²) < 4.78 is 5.37. The topological polar surface area (TPSA) is 55.1 Å². The van der Waals surface area contributed by atoms with Crippen molar-refractivity contribution in [1.82, 2.24) is 10.3 Å². The van der Waals surface area contributed by atoms with Gasteiger partial charge in [0, 0.05) is 11.9 Å². The molecule has 3 aromatic rings. The number of fused-ring (bicyclic) bond motifs is 1. The molecule has 4 heteroatoms. The van der Waals surface area contributed by atoms with E-state index < -0.39 is 0 Å². The molecule has 0 atom stereocenters. The normalized spacial score (nSPS) is 10.5. The van der Waals surface area contributed by atoms with Crippen molar-refractivity contribution in [1.29, 1.82) is 0 Å². The predicted molar refractivity (Wildman–Crippen MR) is 82.0 cm³/mol. The van der Waals surface area contributed by atoms with E-state index in [2.05, 4.69) is 16.9 Å². The number of amides is 1. The standard InChI is InChI=1S/C17H14N2O2/c1-2-9-18-17(20)13-11-15(16-8-5-10-21-16)19-14-7-4-3-6-12(13)14/h2-8,10-11H,1,9H2,(H,18,20). The van der Waals surface area contributed by atoms with Crippen LogP contribution >= 0.6 is 0 Å². The minimum absolute atomic E-state index is 0.152. The molecule has 2 heterocycles. The highest BCUT2D eigenvalue weighted by atomic mass is 16.3.